The second kappa shape index (κ2) is 9.01. The first-order valence-electron chi connectivity index (χ1n) is 9.44. The van der Waals surface area contributed by atoms with Gasteiger partial charge in [-0.2, -0.15) is 0 Å². The van der Waals surface area contributed by atoms with Crippen molar-refractivity contribution in [3.8, 4) is 0 Å². The van der Waals surface area contributed by atoms with Crippen LogP contribution >= 0.6 is 15.9 Å². The van der Waals surface area contributed by atoms with Crippen molar-refractivity contribution in [3.63, 3.8) is 0 Å². The Morgan fingerprint density at radius 2 is 1.87 bits per heavy atom. The van der Waals surface area contributed by atoms with Gasteiger partial charge in [-0.3, -0.25) is 13.9 Å². The zero-order valence-electron chi connectivity index (χ0n) is 16.6. The molecule has 0 spiro atoms. The molecule has 1 amide bonds. The monoisotopic (exact) mass is 491 g/mol. The van der Waals surface area contributed by atoms with Crippen LogP contribution in [0.1, 0.15) is 30.1 Å². The lowest BCUT2D eigenvalue weighted by Gasteiger charge is -2.19. The van der Waals surface area contributed by atoms with E-state index in [9.17, 15) is 18.0 Å². The summed E-state index contributed by atoms with van der Waals surface area (Å²) in [7, 11) is -2.45. The predicted octanol–water partition coefficient (Wildman–Crippen LogP) is 3.65. The zero-order valence-corrected chi connectivity index (χ0v) is 19.0. The van der Waals surface area contributed by atoms with E-state index in [4.69, 9.17) is 0 Å². The highest BCUT2D eigenvalue weighted by Gasteiger charge is 2.23. The van der Waals surface area contributed by atoms with Gasteiger partial charge in [-0.1, -0.05) is 29.3 Å². The molecule has 0 aliphatic carbocycles. The van der Waals surface area contributed by atoms with Crippen LogP contribution in [0.3, 0.4) is 0 Å². The van der Waals surface area contributed by atoms with Gasteiger partial charge in [-0.15, -0.1) is 0 Å². The number of rotatable bonds is 7. The highest BCUT2D eigenvalue weighted by Crippen LogP contribution is 2.25. The molecule has 0 bridgehead atoms. The number of sulfonamides is 1. The van der Waals surface area contributed by atoms with Gasteiger partial charge in [0.1, 0.15) is 5.56 Å². The van der Waals surface area contributed by atoms with Crippen LogP contribution in [0.2, 0.25) is 0 Å². The molecule has 30 heavy (non-hydrogen) atoms. The van der Waals surface area contributed by atoms with Crippen LogP contribution < -0.4 is 15.1 Å². The standard InChI is InChI=1S/C21H22BrN3O4S/c1-3-4-11-23-21(27)18-13-24-19-10-9-16(12-17(19)20(18)26)30(28,29)25(2)15-7-5-14(22)6-8-15/h5-10,12-13H,3-4,11H2,1-2H3,(H,23,27)(H,24,26). The Labute approximate surface area is 183 Å². The van der Waals surface area contributed by atoms with Crippen molar-refractivity contribution in [2.75, 3.05) is 17.9 Å². The van der Waals surface area contributed by atoms with Gasteiger partial charge in [0.2, 0.25) is 5.43 Å². The third kappa shape index (κ3) is 4.41. The number of H-pyrrole nitrogens is 1. The number of nitrogens with one attached hydrogen (secondary N) is 2. The average molecular weight is 492 g/mol. The number of nitrogens with zero attached hydrogens (tertiary/aromatic N) is 1. The molecule has 3 aromatic rings. The van der Waals surface area contributed by atoms with Crippen molar-refractivity contribution >= 4 is 48.5 Å². The summed E-state index contributed by atoms with van der Waals surface area (Å²) in [5.41, 5.74) is 0.377. The number of hydrogen-bond acceptors (Lipinski definition) is 4. The SMILES string of the molecule is CCCCNC(=O)c1c[nH]c2ccc(S(=O)(=O)N(C)c3ccc(Br)cc3)cc2c1=O. The number of carbonyl (C=O) groups excluding carboxylic acids is 1. The smallest absolute Gasteiger partial charge is 0.264 e. The van der Waals surface area contributed by atoms with Gasteiger partial charge in [-0.05, 0) is 48.9 Å². The number of benzene rings is 2. The molecule has 1 heterocycles. The first-order valence-corrected chi connectivity index (χ1v) is 11.7. The van der Waals surface area contributed by atoms with Crippen LogP contribution in [0.4, 0.5) is 5.69 Å². The van der Waals surface area contributed by atoms with E-state index in [-0.39, 0.29) is 15.8 Å². The van der Waals surface area contributed by atoms with E-state index in [0.29, 0.717) is 17.7 Å². The van der Waals surface area contributed by atoms with E-state index in [2.05, 4.69) is 26.2 Å². The highest BCUT2D eigenvalue weighted by molar-refractivity contribution is 9.10. The molecule has 7 nitrogen and oxygen atoms in total. The molecule has 158 valence electrons. The Balaban J connectivity index is 2.01. The summed E-state index contributed by atoms with van der Waals surface area (Å²) < 4.78 is 28.2. The number of anilines is 1. The number of hydrogen-bond donors (Lipinski definition) is 2. The van der Waals surface area contributed by atoms with E-state index >= 15 is 0 Å². The number of aromatic amines is 1. The van der Waals surface area contributed by atoms with Crippen LogP contribution in [0, 0.1) is 0 Å². The average Bonchev–Trinajstić information content (AvgIpc) is 2.74. The van der Waals surface area contributed by atoms with E-state index in [1.54, 1.807) is 24.3 Å². The molecule has 0 aliphatic rings. The summed E-state index contributed by atoms with van der Waals surface area (Å²) >= 11 is 3.32. The second-order valence-corrected chi connectivity index (χ2v) is 9.68. The van der Waals surface area contributed by atoms with Crippen molar-refractivity contribution in [3.05, 3.63) is 68.9 Å². The van der Waals surface area contributed by atoms with Gasteiger partial charge in [0, 0.05) is 35.2 Å². The van der Waals surface area contributed by atoms with Gasteiger partial charge in [0.05, 0.1) is 10.6 Å². The molecule has 2 N–H and O–H groups in total. The third-order valence-electron chi connectivity index (χ3n) is 4.76. The number of aromatic nitrogens is 1. The van der Waals surface area contributed by atoms with Crippen molar-refractivity contribution in [1.82, 2.24) is 10.3 Å². The molecule has 0 atom stereocenters. The molecular formula is C21H22BrN3O4S. The van der Waals surface area contributed by atoms with E-state index < -0.39 is 21.4 Å². The summed E-state index contributed by atoms with van der Waals surface area (Å²) in [5, 5.41) is 2.85. The minimum atomic E-state index is -3.90. The molecule has 0 saturated heterocycles. The van der Waals surface area contributed by atoms with Crippen LogP contribution in [0.25, 0.3) is 10.9 Å². The van der Waals surface area contributed by atoms with Crippen molar-refractivity contribution in [2.24, 2.45) is 0 Å². The van der Waals surface area contributed by atoms with Gasteiger partial charge < -0.3 is 10.3 Å². The first kappa shape index (κ1) is 22.0. The fourth-order valence-corrected chi connectivity index (χ4v) is 4.44. The maximum absolute atomic E-state index is 13.1. The number of carbonyl (C=O) groups is 1. The number of halogens is 1. The molecule has 1 aromatic heterocycles. The maximum Gasteiger partial charge on any atom is 0.264 e. The molecule has 0 unspecified atom stereocenters. The summed E-state index contributed by atoms with van der Waals surface area (Å²) in [5.74, 6) is -0.480. The molecule has 3 rings (SSSR count). The number of unbranched alkanes of at least 4 members (excludes halogenated alkanes) is 1. The summed E-state index contributed by atoms with van der Waals surface area (Å²) in [6.45, 7) is 2.47. The van der Waals surface area contributed by atoms with Crippen LogP contribution in [0.5, 0.6) is 0 Å². The second-order valence-electron chi connectivity index (χ2n) is 6.80. The van der Waals surface area contributed by atoms with Crippen LogP contribution in [-0.4, -0.2) is 32.9 Å². The Bertz CT molecular complexity index is 1240. The van der Waals surface area contributed by atoms with Gasteiger partial charge in [-0.25, -0.2) is 8.42 Å². The predicted molar refractivity (Wildman–Crippen MR) is 122 cm³/mol. The number of fused-ring (bicyclic) bond motifs is 1. The molecule has 0 fully saturated rings. The van der Waals surface area contributed by atoms with Crippen molar-refractivity contribution in [1.29, 1.82) is 0 Å². The lowest BCUT2D eigenvalue weighted by atomic mass is 10.1. The fourth-order valence-electron chi connectivity index (χ4n) is 2.95. The maximum atomic E-state index is 13.1. The van der Waals surface area contributed by atoms with Gasteiger partial charge >= 0.3 is 0 Å². The Hall–Kier alpha value is -2.65. The quantitative estimate of drug-likeness (QED) is 0.492. The molecular weight excluding hydrogens is 470 g/mol. The minimum absolute atomic E-state index is 0.0329. The van der Waals surface area contributed by atoms with E-state index in [0.717, 1.165) is 21.6 Å². The molecule has 0 aliphatic heterocycles. The number of pyridine rings is 1. The fraction of sp³-hybridized carbons (Fsp3) is 0.238. The largest absolute Gasteiger partial charge is 0.360 e. The van der Waals surface area contributed by atoms with Gasteiger partial charge in [0.15, 0.2) is 0 Å². The Morgan fingerprint density at radius 1 is 1.17 bits per heavy atom. The third-order valence-corrected chi connectivity index (χ3v) is 7.07. The minimum Gasteiger partial charge on any atom is -0.360 e. The Kier molecular flexibility index (Phi) is 6.62. The van der Waals surface area contributed by atoms with Crippen LogP contribution in [-0.2, 0) is 10.0 Å². The van der Waals surface area contributed by atoms with Crippen molar-refractivity contribution < 1.29 is 13.2 Å². The lowest BCUT2D eigenvalue weighted by Crippen LogP contribution is -2.30. The molecule has 0 saturated carbocycles. The van der Waals surface area contributed by atoms with Crippen molar-refractivity contribution in [2.45, 2.75) is 24.7 Å². The summed E-state index contributed by atoms with van der Waals surface area (Å²) in [6.07, 6.45) is 3.08. The lowest BCUT2D eigenvalue weighted by molar-refractivity contribution is 0.0952. The Morgan fingerprint density at radius 3 is 2.53 bits per heavy atom. The normalized spacial score (nSPS) is 11.4. The summed E-state index contributed by atoms with van der Waals surface area (Å²) in [4.78, 5) is 28.1. The first-order chi connectivity index (χ1) is 14.3. The topological polar surface area (TPSA) is 99.3 Å². The van der Waals surface area contributed by atoms with E-state index in [1.165, 1.54) is 31.4 Å². The molecule has 2 aromatic carbocycles. The van der Waals surface area contributed by atoms with Crippen LogP contribution in [0.15, 0.2) is 62.8 Å². The summed E-state index contributed by atoms with van der Waals surface area (Å²) in [6, 6.07) is 11.1. The van der Waals surface area contributed by atoms with Gasteiger partial charge in [0.25, 0.3) is 15.9 Å². The number of amides is 1. The molecule has 0 radical (unpaired) electrons. The van der Waals surface area contributed by atoms with E-state index in [1.807, 2.05) is 6.92 Å². The molecule has 9 heteroatoms. The zero-order chi connectivity index (χ0) is 21.9. The highest BCUT2D eigenvalue weighted by atomic mass is 79.9.